The lowest BCUT2D eigenvalue weighted by Gasteiger charge is -2.32. The van der Waals surface area contributed by atoms with Gasteiger partial charge in [-0.2, -0.15) is 21.0 Å². The number of rotatable bonds is 3. The van der Waals surface area contributed by atoms with E-state index < -0.39 is 22.3 Å². The third kappa shape index (κ3) is 3.39. The Morgan fingerprint density at radius 3 is 1.56 bits per heavy atom. The molecule has 1 aliphatic carbocycles. The number of allylic oxidation sites excluding steroid dienone is 2. The highest BCUT2D eigenvalue weighted by Crippen LogP contribution is 2.64. The second kappa shape index (κ2) is 7.89. The fraction of sp³-hybridized carbons (Fsp3) is 0.333. The lowest BCUT2D eigenvalue weighted by molar-refractivity contribution is 0.373. The molecule has 0 aromatic heterocycles. The van der Waals surface area contributed by atoms with Gasteiger partial charge < -0.3 is 5.32 Å². The van der Waals surface area contributed by atoms with Gasteiger partial charge in [-0.25, -0.2) is 0 Å². The molecule has 1 aliphatic rings. The maximum atomic E-state index is 10.5. The summed E-state index contributed by atoms with van der Waals surface area (Å²) >= 11 is 0. The third-order valence-electron chi connectivity index (χ3n) is 5.86. The summed E-state index contributed by atoms with van der Waals surface area (Å²) in [5.74, 6) is -0.984. The Morgan fingerprint density at radius 2 is 1.16 bits per heavy atom. The molecule has 0 bridgehead atoms. The molecule has 0 heterocycles. The van der Waals surface area contributed by atoms with E-state index in [1.165, 1.54) is 0 Å². The van der Waals surface area contributed by atoms with Gasteiger partial charge in [-0.3, -0.25) is 0 Å². The minimum Gasteiger partial charge on any atom is -0.381 e. The molecule has 0 saturated heterocycles. The first kappa shape index (κ1) is 22.6. The zero-order valence-corrected chi connectivity index (χ0v) is 19.0. The zero-order valence-electron chi connectivity index (χ0n) is 19.0. The van der Waals surface area contributed by atoms with E-state index in [9.17, 15) is 21.0 Å². The maximum absolute atomic E-state index is 10.5. The summed E-state index contributed by atoms with van der Waals surface area (Å²) in [5, 5.41) is 45.2. The van der Waals surface area contributed by atoms with Crippen LogP contribution in [-0.4, -0.2) is 5.54 Å². The van der Waals surface area contributed by atoms with Crippen LogP contribution in [0.25, 0.3) is 5.57 Å². The van der Waals surface area contributed by atoms with E-state index in [1.54, 1.807) is 12.1 Å². The highest BCUT2D eigenvalue weighted by atomic mass is 15.0. The van der Waals surface area contributed by atoms with Crippen LogP contribution in [0.15, 0.2) is 54.2 Å². The molecule has 158 valence electrons. The second-order valence-electron chi connectivity index (χ2n) is 9.40. The summed E-state index contributed by atoms with van der Waals surface area (Å²) in [7, 11) is 0. The number of benzene rings is 2. The SMILES string of the molecule is Cc1ccc(C2=C(NC(C)(C)C)C(C#N)(C#N)[C@H](c3ccc(C)cc3)C2(C#N)C#N)cc1. The quantitative estimate of drug-likeness (QED) is 0.729. The van der Waals surface area contributed by atoms with Crippen LogP contribution >= 0.6 is 0 Å². The molecule has 2 aromatic rings. The average molecular weight is 420 g/mol. The van der Waals surface area contributed by atoms with Gasteiger partial charge in [0.2, 0.25) is 0 Å². The van der Waals surface area contributed by atoms with Crippen LogP contribution in [0, 0.1) is 70.0 Å². The summed E-state index contributed by atoms with van der Waals surface area (Å²) in [6.45, 7) is 9.65. The Hall–Kier alpha value is -4.06. The molecule has 0 saturated carbocycles. The third-order valence-corrected chi connectivity index (χ3v) is 5.86. The Morgan fingerprint density at radius 1 is 0.719 bits per heavy atom. The molecule has 2 aromatic carbocycles. The van der Waals surface area contributed by atoms with Crippen LogP contribution in [0.5, 0.6) is 0 Å². The van der Waals surface area contributed by atoms with Gasteiger partial charge >= 0.3 is 0 Å². The largest absolute Gasteiger partial charge is 0.381 e. The normalized spacial score (nSPS) is 18.7. The summed E-state index contributed by atoms with van der Waals surface area (Å²) < 4.78 is 0. The van der Waals surface area contributed by atoms with Crippen molar-refractivity contribution in [2.75, 3.05) is 0 Å². The van der Waals surface area contributed by atoms with E-state index in [0.29, 0.717) is 22.4 Å². The van der Waals surface area contributed by atoms with Crippen molar-refractivity contribution in [2.24, 2.45) is 10.8 Å². The number of nitrogens with one attached hydrogen (secondary N) is 1. The summed E-state index contributed by atoms with van der Waals surface area (Å²) in [6.07, 6.45) is 0. The number of aryl methyl sites for hydroxylation is 2. The molecule has 0 fully saturated rings. The number of nitrogens with zero attached hydrogens (tertiary/aromatic N) is 4. The van der Waals surface area contributed by atoms with Crippen molar-refractivity contribution in [1.29, 1.82) is 21.0 Å². The van der Waals surface area contributed by atoms with Gasteiger partial charge in [-0.05, 0) is 45.7 Å². The number of nitriles is 4. The molecule has 3 rings (SSSR count). The van der Waals surface area contributed by atoms with Gasteiger partial charge in [-0.15, -0.1) is 0 Å². The van der Waals surface area contributed by atoms with E-state index in [-0.39, 0.29) is 0 Å². The van der Waals surface area contributed by atoms with Crippen molar-refractivity contribution in [3.05, 3.63) is 76.5 Å². The fourth-order valence-corrected chi connectivity index (χ4v) is 4.43. The van der Waals surface area contributed by atoms with Crippen molar-refractivity contribution >= 4 is 5.57 Å². The van der Waals surface area contributed by atoms with E-state index >= 15 is 0 Å². The van der Waals surface area contributed by atoms with Crippen LogP contribution in [0.4, 0.5) is 0 Å². The van der Waals surface area contributed by atoms with Crippen LogP contribution in [0.2, 0.25) is 0 Å². The van der Waals surface area contributed by atoms with E-state index in [1.807, 2.05) is 71.0 Å². The highest BCUT2D eigenvalue weighted by Gasteiger charge is 2.65. The average Bonchev–Trinajstić information content (AvgIpc) is 3.00. The van der Waals surface area contributed by atoms with Gasteiger partial charge in [0.1, 0.15) is 0 Å². The van der Waals surface area contributed by atoms with Crippen LogP contribution < -0.4 is 5.32 Å². The molecule has 5 nitrogen and oxygen atoms in total. The van der Waals surface area contributed by atoms with E-state index in [0.717, 1.165) is 11.1 Å². The molecule has 32 heavy (non-hydrogen) atoms. The van der Waals surface area contributed by atoms with Crippen LogP contribution in [-0.2, 0) is 0 Å². The molecule has 0 unspecified atom stereocenters. The Labute approximate surface area is 189 Å². The van der Waals surface area contributed by atoms with Crippen LogP contribution in [0.3, 0.4) is 0 Å². The molecular formula is C27H25N5. The monoisotopic (exact) mass is 419 g/mol. The van der Waals surface area contributed by atoms with Gasteiger partial charge in [0, 0.05) is 11.1 Å². The predicted molar refractivity (Wildman–Crippen MR) is 122 cm³/mol. The Balaban J connectivity index is 2.50. The lowest BCUT2D eigenvalue weighted by Crippen LogP contribution is -2.42. The first-order valence-electron chi connectivity index (χ1n) is 10.4. The highest BCUT2D eigenvalue weighted by molar-refractivity contribution is 5.86. The lowest BCUT2D eigenvalue weighted by atomic mass is 9.64. The topological polar surface area (TPSA) is 107 Å². The van der Waals surface area contributed by atoms with Crippen molar-refractivity contribution in [3.63, 3.8) is 0 Å². The minimum absolute atomic E-state index is 0.326. The van der Waals surface area contributed by atoms with Crippen molar-refractivity contribution < 1.29 is 0 Å². The Bertz CT molecular complexity index is 1200. The molecule has 5 heteroatoms. The van der Waals surface area contributed by atoms with E-state index in [2.05, 4.69) is 29.6 Å². The first-order chi connectivity index (χ1) is 15.1. The van der Waals surface area contributed by atoms with Gasteiger partial charge in [0.05, 0.1) is 35.9 Å². The molecule has 1 atom stereocenters. The molecule has 0 radical (unpaired) electrons. The zero-order chi connectivity index (χ0) is 23.7. The minimum atomic E-state index is -1.74. The van der Waals surface area contributed by atoms with E-state index in [4.69, 9.17) is 0 Å². The fourth-order valence-electron chi connectivity index (χ4n) is 4.43. The number of hydrogen-bond donors (Lipinski definition) is 1. The van der Waals surface area contributed by atoms with Crippen molar-refractivity contribution in [2.45, 2.75) is 46.1 Å². The van der Waals surface area contributed by atoms with Crippen molar-refractivity contribution in [1.82, 2.24) is 5.32 Å². The first-order valence-corrected chi connectivity index (χ1v) is 10.4. The summed E-state index contributed by atoms with van der Waals surface area (Å²) in [5.41, 5.74) is 0.0243. The summed E-state index contributed by atoms with van der Waals surface area (Å²) in [6, 6.07) is 23.7. The second-order valence-corrected chi connectivity index (χ2v) is 9.40. The Kier molecular flexibility index (Phi) is 5.58. The molecular weight excluding hydrogens is 394 g/mol. The molecule has 0 amide bonds. The van der Waals surface area contributed by atoms with Crippen LogP contribution in [0.1, 0.15) is 48.9 Å². The van der Waals surface area contributed by atoms with Gasteiger partial charge in [-0.1, -0.05) is 59.7 Å². The standard InChI is InChI=1S/C27H25N5/c1-18-6-10-20(11-7-18)22-24(32-25(3,4)5)27(16-30,17-31)23(26(22,14-28)15-29)21-12-8-19(2)9-13-21/h6-13,23,32H,1-5H3/t23-/m1/s1. The predicted octanol–water partition coefficient (Wildman–Crippen LogP) is 5.27. The molecule has 0 aliphatic heterocycles. The molecule has 0 spiro atoms. The summed E-state index contributed by atoms with van der Waals surface area (Å²) in [4.78, 5) is 0. The smallest absolute Gasteiger partial charge is 0.192 e. The van der Waals surface area contributed by atoms with Gasteiger partial charge in [0.25, 0.3) is 0 Å². The molecule has 1 N–H and O–H groups in total. The maximum Gasteiger partial charge on any atom is 0.192 e. The number of hydrogen-bond acceptors (Lipinski definition) is 5. The van der Waals surface area contributed by atoms with Crippen molar-refractivity contribution in [3.8, 4) is 24.3 Å². The van der Waals surface area contributed by atoms with Gasteiger partial charge in [0.15, 0.2) is 10.8 Å².